The summed E-state index contributed by atoms with van der Waals surface area (Å²) in [5, 5.41) is 6.05. The average Bonchev–Trinajstić information content (AvgIpc) is 2.28. The number of carbonyl (C=O) groups is 1. The number of nitrogens with one attached hydrogen (secondary N) is 2. The van der Waals surface area contributed by atoms with Crippen LogP contribution >= 0.6 is 23.4 Å². The molecule has 86 valence electrons. The van der Waals surface area contributed by atoms with Gasteiger partial charge < -0.3 is 10.6 Å². The van der Waals surface area contributed by atoms with Crippen LogP contribution in [-0.2, 0) is 4.79 Å². The molecular weight excluding hydrogens is 244 g/mol. The Hall–Kier alpha value is -0.870. The predicted octanol–water partition coefficient (Wildman–Crippen LogP) is 2.77. The van der Waals surface area contributed by atoms with Gasteiger partial charge in [-0.1, -0.05) is 0 Å². The predicted molar refractivity (Wildman–Crippen MR) is 69.6 cm³/mol. The van der Waals surface area contributed by atoms with Gasteiger partial charge in [0.15, 0.2) is 0 Å². The number of rotatable bonds is 3. The third-order valence-corrected chi connectivity index (χ3v) is 3.70. The molecule has 1 aliphatic rings. The van der Waals surface area contributed by atoms with E-state index in [1.54, 1.807) is 11.8 Å². The molecule has 0 saturated heterocycles. The van der Waals surface area contributed by atoms with Crippen molar-refractivity contribution >= 4 is 40.6 Å². The second-order valence-corrected chi connectivity index (χ2v) is 5.34. The molecule has 0 fully saturated rings. The van der Waals surface area contributed by atoms with Gasteiger partial charge in [-0.25, -0.2) is 0 Å². The van der Waals surface area contributed by atoms with Crippen LogP contribution in [0.2, 0.25) is 0 Å². The van der Waals surface area contributed by atoms with E-state index in [0.717, 1.165) is 22.8 Å². The van der Waals surface area contributed by atoms with Crippen LogP contribution in [0.1, 0.15) is 6.92 Å². The Morgan fingerprint density at radius 2 is 2.38 bits per heavy atom. The summed E-state index contributed by atoms with van der Waals surface area (Å²) in [4.78, 5) is 12.6. The normalized spacial score (nSPS) is 18.9. The lowest BCUT2D eigenvalue weighted by Gasteiger charge is -2.22. The highest BCUT2D eigenvalue weighted by molar-refractivity contribution is 8.00. The number of fused-ring (bicyclic) bond motifs is 1. The summed E-state index contributed by atoms with van der Waals surface area (Å²) in [5.74, 6) is 0.627. The number of benzene rings is 1. The molecule has 2 N–H and O–H groups in total. The van der Waals surface area contributed by atoms with Crippen LogP contribution in [0.3, 0.4) is 0 Å². The minimum atomic E-state index is -0.0193. The first-order valence-corrected chi connectivity index (χ1v) is 6.53. The molecule has 0 saturated carbocycles. The summed E-state index contributed by atoms with van der Waals surface area (Å²) in [6.07, 6.45) is 0. The van der Waals surface area contributed by atoms with Crippen LogP contribution in [0.15, 0.2) is 23.1 Å². The van der Waals surface area contributed by atoms with Gasteiger partial charge in [0.25, 0.3) is 0 Å². The Balaban J connectivity index is 2.19. The molecule has 3 nitrogen and oxygen atoms in total. The maximum atomic E-state index is 11.5. The first-order valence-electron chi connectivity index (χ1n) is 5.12. The van der Waals surface area contributed by atoms with Crippen LogP contribution in [0, 0.1) is 0 Å². The number of hydrogen-bond donors (Lipinski definition) is 2. The van der Waals surface area contributed by atoms with E-state index in [9.17, 15) is 4.79 Å². The third-order valence-electron chi connectivity index (χ3n) is 2.33. The smallest absolute Gasteiger partial charge is 0.237 e. The first-order chi connectivity index (χ1) is 7.70. The van der Waals surface area contributed by atoms with Crippen LogP contribution in [0.25, 0.3) is 0 Å². The van der Waals surface area contributed by atoms with Crippen molar-refractivity contribution in [3.05, 3.63) is 18.2 Å². The molecule has 5 heteroatoms. The van der Waals surface area contributed by atoms with Crippen LogP contribution in [0.5, 0.6) is 0 Å². The Morgan fingerprint density at radius 3 is 3.12 bits per heavy atom. The highest BCUT2D eigenvalue weighted by atomic mass is 35.5. The Bertz CT molecular complexity index is 411. The highest BCUT2D eigenvalue weighted by Crippen LogP contribution is 2.36. The maximum Gasteiger partial charge on any atom is 0.237 e. The second-order valence-electron chi connectivity index (χ2n) is 3.58. The van der Waals surface area contributed by atoms with E-state index in [4.69, 9.17) is 11.6 Å². The van der Waals surface area contributed by atoms with Gasteiger partial charge in [0.1, 0.15) is 0 Å². The first kappa shape index (κ1) is 11.6. The zero-order valence-corrected chi connectivity index (χ0v) is 10.5. The number of anilines is 2. The van der Waals surface area contributed by atoms with E-state index < -0.39 is 0 Å². The molecular formula is C11H13ClN2OS. The van der Waals surface area contributed by atoms with Crippen molar-refractivity contribution in [3.8, 4) is 0 Å². The van der Waals surface area contributed by atoms with Crippen molar-refractivity contribution in [3.63, 3.8) is 0 Å². The molecule has 1 aromatic rings. The summed E-state index contributed by atoms with van der Waals surface area (Å²) in [5.41, 5.74) is 1.86. The minimum absolute atomic E-state index is 0.0193. The standard InChI is InChI=1S/C11H13ClN2OS/c1-7-11(15)14-9-6-8(13-5-4-12)2-3-10(9)16-7/h2-3,6-7,13H,4-5H2,1H3,(H,14,15). The molecule has 0 aromatic heterocycles. The zero-order chi connectivity index (χ0) is 11.5. The minimum Gasteiger partial charge on any atom is -0.384 e. The number of alkyl halides is 1. The van der Waals surface area contributed by atoms with Gasteiger partial charge in [-0.05, 0) is 25.1 Å². The molecule has 1 atom stereocenters. The van der Waals surface area contributed by atoms with Crippen molar-refractivity contribution in [1.82, 2.24) is 0 Å². The maximum absolute atomic E-state index is 11.5. The van der Waals surface area contributed by atoms with E-state index in [1.165, 1.54) is 0 Å². The molecule has 0 aliphatic carbocycles. The summed E-state index contributed by atoms with van der Waals surface area (Å²) >= 11 is 7.19. The van der Waals surface area contributed by atoms with Crippen LogP contribution < -0.4 is 10.6 Å². The zero-order valence-electron chi connectivity index (χ0n) is 8.92. The second kappa shape index (κ2) is 4.97. The van der Waals surface area contributed by atoms with Gasteiger partial charge in [-0.3, -0.25) is 4.79 Å². The van der Waals surface area contributed by atoms with E-state index >= 15 is 0 Å². The van der Waals surface area contributed by atoms with Gasteiger partial charge in [-0.2, -0.15) is 0 Å². The quantitative estimate of drug-likeness (QED) is 0.817. The summed E-state index contributed by atoms with van der Waals surface area (Å²) in [7, 11) is 0. The number of halogens is 1. The molecule has 1 heterocycles. The van der Waals surface area contributed by atoms with E-state index in [0.29, 0.717) is 5.88 Å². The number of amides is 1. The van der Waals surface area contributed by atoms with Gasteiger partial charge in [-0.15, -0.1) is 23.4 Å². The fourth-order valence-electron chi connectivity index (χ4n) is 1.51. The SMILES string of the molecule is CC1Sc2ccc(NCCCl)cc2NC1=O. The Kier molecular flexibility index (Phi) is 3.61. The fraction of sp³-hybridized carbons (Fsp3) is 0.364. The van der Waals surface area contributed by atoms with E-state index in [1.807, 2.05) is 25.1 Å². The number of carbonyl (C=O) groups excluding carboxylic acids is 1. The van der Waals surface area contributed by atoms with Crippen molar-refractivity contribution in [2.24, 2.45) is 0 Å². The van der Waals surface area contributed by atoms with E-state index in [-0.39, 0.29) is 11.2 Å². The van der Waals surface area contributed by atoms with E-state index in [2.05, 4.69) is 10.6 Å². The monoisotopic (exact) mass is 256 g/mol. The Morgan fingerprint density at radius 1 is 1.56 bits per heavy atom. The van der Waals surface area contributed by atoms with Crippen molar-refractivity contribution in [2.45, 2.75) is 17.1 Å². The van der Waals surface area contributed by atoms with Crippen molar-refractivity contribution < 1.29 is 4.79 Å². The molecule has 1 amide bonds. The topological polar surface area (TPSA) is 41.1 Å². The number of thioether (sulfide) groups is 1. The molecule has 16 heavy (non-hydrogen) atoms. The van der Waals surface area contributed by atoms with Crippen molar-refractivity contribution in [2.75, 3.05) is 23.1 Å². The van der Waals surface area contributed by atoms with Gasteiger partial charge >= 0.3 is 0 Å². The summed E-state index contributed by atoms with van der Waals surface area (Å²) in [6, 6.07) is 5.97. The third kappa shape index (κ3) is 2.44. The lowest BCUT2D eigenvalue weighted by molar-refractivity contribution is -0.115. The highest BCUT2D eigenvalue weighted by Gasteiger charge is 2.22. The lowest BCUT2D eigenvalue weighted by Crippen LogP contribution is -2.26. The van der Waals surface area contributed by atoms with Crippen LogP contribution in [0.4, 0.5) is 11.4 Å². The largest absolute Gasteiger partial charge is 0.384 e. The van der Waals surface area contributed by atoms with Gasteiger partial charge in [0.05, 0.1) is 10.9 Å². The van der Waals surface area contributed by atoms with Gasteiger partial charge in [0, 0.05) is 23.0 Å². The molecule has 1 aliphatic heterocycles. The fourth-order valence-corrected chi connectivity index (χ4v) is 2.54. The summed E-state index contributed by atoms with van der Waals surface area (Å²) < 4.78 is 0. The molecule has 0 radical (unpaired) electrons. The van der Waals surface area contributed by atoms with Crippen molar-refractivity contribution in [1.29, 1.82) is 0 Å². The van der Waals surface area contributed by atoms with Gasteiger partial charge in [0.2, 0.25) is 5.91 Å². The number of hydrogen-bond acceptors (Lipinski definition) is 3. The molecule has 0 spiro atoms. The molecule has 1 unspecified atom stereocenters. The summed E-state index contributed by atoms with van der Waals surface area (Å²) in [6.45, 7) is 2.63. The van der Waals surface area contributed by atoms with Crippen LogP contribution in [-0.4, -0.2) is 23.6 Å². The molecule has 0 bridgehead atoms. The molecule has 2 rings (SSSR count). The Labute approximate surface area is 104 Å². The average molecular weight is 257 g/mol. The molecule has 1 aromatic carbocycles. The lowest BCUT2D eigenvalue weighted by atomic mass is 10.2.